The highest BCUT2D eigenvalue weighted by Gasteiger charge is 2.39. The Hall–Kier alpha value is -4.51. The van der Waals surface area contributed by atoms with Gasteiger partial charge in [-0.25, -0.2) is 19.2 Å². The van der Waals surface area contributed by atoms with Crippen LogP contribution in [0.3, 0.4) is 0 Å². The van der Waals surface area contributed by atoms with Crippen molar-refractivity contribution in [2.24, 2.45) is 5.41 Å². The molecule has 2 N–H and O–H groups in total. The van der Waals surface area contributed by atoms with Crippen molar-refractivity contribution in [1.29, 1.82) is 0 Å². The van der Waals surface area contributed by atoms with Crippen LogP contribution in [0.15, 0.2) is 47.7 Å². The molecular weight excluding hydrogens is 943 g/mol. The number of benzene rings is 1. The van der Waals surface area contributed by atoms with Crippen LogP contribution in [0.25, 0.3) is 10.2 Å². The predicted molar refractivity (Wildman–Crippen MR) is 249 cm³/mol. The first kappa shape index (κ1) is 44.1. The molecule has 13 nitrogen and oxygen atoms in total. The number of thiazole rings is 2. The fourth-order valence-corrected chi connectivity index (χ4v) is 11.7. The maximum Gasteiger partial charge on any atom is 0.355 e. The van der Waals surface area contributed by atoms with Gasteiger partial charge in [-0.2, -0.15) is 0 Å². The zero-order chi connectivity index (χ0) is 43.4. The molecule has 5 heterocycles. The number of halogens is 2. The molecular formula is C45H50FIN8O5S2. The van der Waals surface area contributed by atoms with E-state index in [1.807, 2.05) is 63.6 Å². The van der Waals surface area contributed by atoms with Crippen molar-refractivity contribution in [2.75, 3.05) is 56.1 Å². The van der Waals surface area contributed by atoms with Crippen molar-refractivity contribution < 1.29 is 28.6 Å². The number of carboxylic acid groups (broad SMARTS) is 1. The first-order valence-corrected chi connectivity index (χ1v) is 24.0. The maximum absolute atomic E-state index is 15.9. The van der Waals surface area contributed by atoms with E-state index in [1.54, 1.807) is 23.5 Å². The van der Waals surface area contributed by atoms with E-state index in [2.05, 4.69) is 42.2 Å². The number of aryl methyl sites for hydroxylation is 1. The zero-order valence-corrected chi connectivity index (χ0v) is 38.8. The summed E-state index contributed by atoms with van der Waals surface area (Å²) in [5.41, 5.74) is 1.70. The summed E-state index contributed by atoms with van der Waals surface area (Å²) < 4.78 is 23.1. The second kappa shape index (κ2) is 19.1. The quantitative estimate of drug-likeness (QED) is 0.0538. The Bertz CT molecular complexity index is 2440. The molecule has 8 rings (SSSR count). The molecule has 3 aromatic heterocycles. The summed E-state index contributed by atoms with van der Waals surface area (Å²) in [6.45, 7) is 7.60. The summed E-state index contributed by atoms with van der Waals surface area (Å²) in [4.78, 5) is 53.4. The number of piperazine rings is 1. The lowest BCUT2D eigenvalue weighted by Crippen LogP contribution is -2.49. The number of anilines is 4. The standard InChI is InChI=1S/C45H50FIN8O5S2/c1-29-31-11-8-20-55(40(31)52-51-39(29)50-42-48-32-12-3-4-13-33(32)61-42)43-49-38(41(58)59)34(62-43)14-9-25-60-35-16-15-30(26-44(35,2)46)10-7-19-53-21-23-54(24-22-53)37(57)28-45(27-36(47)56)17-5-6-18-45/h3-4,12-13,15-16H,5-6,8-9,11,14,17-28H2,1-2H3,(H,58,59)(H,48,50,51). The number of hydrogen-bond donors (Lipinski definition) is 2. The maximum atomic E-state index is 15.9. The second-order valence-corrected chi connectivity index (χ2v) is 20.1. The Morgan fingerprint density at radius 3 is 2.55 bits per heavy atom. The van der Waals surface area contributed by atoms with Crippen LogP contribution in [0.1, 0.15) is 91.2 Å². The smallest absolute Gasteiger partial charge is 0.355 e. The second-order valence-electron chi connectivity index (χ2n) is 16.8. The molecule has 2 fully saturated rings. The Balaban J connectivity index is 0.829. The molecule has 0 bridgehead atoms. The Morgan fingerprint density at radius 1 is 1.02 bits per heavy atom. The van der Waals surface area contributed by atoms with E-state index in [9.17, 15) is 19.5 Å². The van der Waals surface area contributed by atoms with Gasteiger partial charge in [-0.05, 0) is 105 Å². The zero-order valence-electron chi connectivity index (χ0n) is 35.0. The van der Waals surface area contributed by atoms with Gasteiger partial charge < -0.3 is 25.0 Å². The van der Waals surface area contributed by atoms with Gasteiger partial charge in [-0.1, -0.05) is 48.2 Å². The van der Waals surface area contributed by atoms with Crippen LogP contribution < -0.4 is 10.2 Å². The van der Waals surface area contributed by atoms with Crippen LogP contribution >= 0.6 is 45.3 Å². The van der Waals surface area contributed by atoms with Crippen LogP contribution in [0.4, 0.5) is 26.3 Å². The number of alkyl halides is 1. The normalized spacial score (nSPS) is 19.9. The first-order chi connectivity index (χ1) is 29.9. The van der Waals surface area contributed by atoms with E-state index < -0.39 is 11.6 Å². The largest absolute Gasteiger partial charge is 0.495 e. The number of aromatic carboxylic acids is 1. The fraction of sp³-hybridized carbons (Fsp3) is 0.489. The number of carbonyl (C=O) groups is 3. The third kappa shape index (κ3) is 10.1. The van der Waals surface area contributed by atoms with Crippen LogP contribution in [-0.2, 0) is 27.2 Å². The summed E-state index contributed by atoms with van der Waals surface area (Å²) in [6, 6.07) is 7.96. The van der Waals surface area contributed by atoms with Gasteiger partial charge in [0.1, 0.15) is 5.76 Å². The molecule has 1 aromatic carbocycles. The van der Waals surface area contributed by atoms with Crippen LogP contribution in [0.5, 0.6) is 0 Å². The Labute approximate surface area is 382 Å². The first-order valence-electron chi connectivity index (χ1n) is 21.3. The molecule has 1 saturated heterocycles. The van der Waals surface area contributed by atoms with Crippen LogP contribution in [-0.4, -0.2) is 102 Å². The van der Waals surface area contributed by atoms with Gasteiger partial charge in [0.25, 0.3) is 0 Å². The number of para-hydroxylation sites is 1. The molecule has 62 heavy (non-hydrogen) atoms. The average molecular weight is 993 g/mol. The monoisotopic (exact) mass is 992 g/mol. The van der Waals surface area contributed by atoms with Crippen LogP contribution in [0, 0.1) is 24.2 Å². The molecule has 4 aromatic rings. The van der Waals surface area contributed by atoms with E-state index in [-0.39, 0.29) is 39.6 Å². The molecule has 1 atom stereocenters. The highest BCUT2D eigenvalue weighted by Crippen LogP contribution is 2.45. The number of nitrogens with zero attached hydrogens (tertiary/aromatic N) is 7. The summed E-state index contributed by atoms with van der Waals surface area (Å²) >= 11 is 4.74. The molecule has 17 heteroatoms. The lowest BCUT2D eigenvalue weighted by molar-refractivity contribution is -0.135. The molecule has 1 saturated carbocycles. The summed E-state index contributed by atoms with van der Waals surface area (Å²) in [7, 11) is 0. The fourth-order valence-electron chi connectivity index (χ4n) is 8.94. The highest BCUT2D eigenvalue weighted by atomic mass is 127. The number of carboxylic acids is 1. The number of nitrogens with one attached hydrogen (secondary N) is 1. The third-order valence-electron chi connectivity index (χ3n) is 12.3. The lowest BCUT2D eigenvalue weighted by atomic mass is 9.79. The number of aromatic nitrogens is 4. The number of ether oxygens (including phenoxy) is 1. The third-order valence-corrected chi connectivity index (χ3v) is 14.8. The predicted octanol–water partition coefficient (Wildman–Crippen LogP) is 8.72. The highest BCUT2D eigenvalue weighted by molar-refractivity contribution is 14.1. The van der Waals surface area contributed by atoms with Gasteiger partial charge in [0.15, 0.2) is 37.1 Å². The van der Waals surface area contributed by atoms with E-state index in [4.69, 9.17) is 4.74 Å². The lowest BCUT2D eigenvalue weighted by Gasteiger charge is -2.36. The van der Waals surface area contributed by atoms with Crippen molar-refractivity contribution in [3.63, 3.8) is 0 Å². The van der Waals surface area contributed by atoms with E-state index in [0.717, 1.165) is 78.1 Å². The average Bonchev–Trinajstić information content (AvgIpc) is 3.99. The topological polar surface area (TPSA) is 154 Å². The molecule has 0 spiro atoms. The van der Waals surface area contributed by atoms with Gasteiger partial charge in [0, 0.05) is 73.6 Å². The van der Waals surface area contributed by atoms with Crippen LogP contribution in [0.2, 0.25) is 0 Å². The van der Waals surface area contributed by atoms with Gasteiger partial charge >= 0.3 is 5.97 Å². The van der Waals surface area contributed by atoms with Crippen molar-refractivity contribution in [2.45, 2.75) is 90.1 Å². The molecule has 1 unspecified atom stereocenters. The van der Waals surface area contributed by atoms with Gasteiger partial charge in [-0.15, -0.1) is 21.5 Å². The number of carbonyl (C=O) groups excluding carboxylic acids is 2. The molecule has 2 aliphatic carbocycles. The molecule has 326 valence electrons. The minimum absolute atomic E-state index is 0.00259. The SMILES string of the molecule is Cc1c(Nc2nc3ccccc3s2)nnc2c1CCCN2c1nc(C(=O)O)c(CCCOC2=CC=C(C#CCN3CCN(C(=O)CC4(CC(=O)I)CCCC4)CC3)CC2(C)F)s1. The van der Waals surface area contributed by atoms with Gasteiger partial charge in [0.2, 0.25) is 5.91 Å². The molecule has 0 radical (unpaired) electrons. The molecule has 1 amide bonds. The van der Waals surface area contributed by atoms with E-state index >= 15 is 4.39 Å². The minimum Gasteiger partial charge on any atom is -0.495 e. The number of rotatable bonds is 14. The number of amides is 1. The number of fused-ring (bicyclic) bond motifs is 2. The van der Waals surface area contributed by atoms with E-state index in [1.165, 1.54) is 18.3 Å². The van der Waals surface area contributed by atoms with E-state index in [0.29, 0.717) is 79.1 Å². The molecule has 4 aliphatic rings. The number of allylic oxidation sites excluding steroid dienone is 4. The van der Waals surface area contributed by atoms with Crippen molar-refractivity contribution in [1.82, 2.24) is 30.0 Å². The Kier molecular flexibility index (Phi) is 13.6. The number of hydrogen-bond acceptors (Lipinski definition) is 13. The van der Waals surface area contributed by atoms with Crippen molar-refractivity contribution >= 4 is 93.0 Å². The van der Waals surface area contributed by atoms with Crippen molar-refractivity contribution in [3.8, 4) is 11.8 Å². The Morgan fingerprint density at radius 2 is 1.81 bits per heavy atom. The van der Waals surface area contributed by atoms with Gasteiger partial charge in [-0.3, -0.25) is 14.5 Å². The molecule has 2 aliphatic heterocycles. The summed E-state index contributed by atoms with van der Waals surface area (Å²) in [5, 5.41) is 23.8. The summed E-state index contributed by atoms with van der Waals surface area (Å²) in [6.07, 6.45) is 11.1. The van der Waals surface area contributed by atoms with Crippen molar-refractivity contribution in [3.05, 3.63) is 69.4 Å². The van der Waals surface area contributed by atoms with Gasteiger partial charge in [0.05, 0.1) is 23.4 Å². The summed E-state index contributed by atoms with van der Waals surface area (Å²) in [5.74, 6) is 6.94. The minimum atomic E-state index is -1.74.